The van der Waals surface area contributed by atoms with E-state index in [0.717, 1.165) is 5.56 Å². The van der Waals surface area contributed by atoms with Gasteiger partial charge in [-0.15, -0.1) is 0 Å². The molecule has 0 fully saturated rings. The van der Waals surface area contributed by atoms with E-state index in [9.17, 15) is 9.18 Å². The van der Waals surface area contributed by atoms with E-state index in [1.54, 1.807) is 36.3 Å². The number of nitrogens with one attached hydrogen (secondary N) is 1. The molecule has 0 aromatic heterocycles. The minimum atomic E-state index is -0.430. The van der Waals surface area contributed by atoms with E-state index in [1.807, 2.05) is 12.1 Å². The Labute approximate surface area is 168 Å². The molecule has 0 saturated heterocycles. The van der Waals surface area contributed by atoms with E-state index in [-0.39, 0.29) is 30.8 Å². The maximum atomic E-state index is 13.2. The highest BCUT2D eigenvalue weighted by Crippen LogP contribution is 2.19. The van der Waals surface area contributed by atoms with E-state index < -0.39 is 5.82 Å². The molecule has 0 heterocycles. The summed E-state index contributed by atoms with van der Waals surface area (Å²) in [7, 11) is 1.55. The third-order valence-electron chi connectivity index (χ3n) is 3.87. The normalized spacial score (nSPS) is 10.2. The first-order valence-electron chi connectivity index (χ1n) is 8.58. The van der Waals surface area contributed by atoms with Gasteiger partial charge in [0.1, 0.15) is 17.6 Å². The molecule has 0 aliphatic rings. The van der Waals surface area contributed by atoms with Crippen LogP contribution in [0.4, 0.5) is 9.18 Å². The van der Waals surface area contributed by atoms with Crippen LogP contribution in [-0.4, -0.2) is 37.8 Å². The fourth-order valence-corrected chi connectivity index (χ4v) is 2.69. The van der Waals surface area contributed by atoms with Gasteiger partial charge in [0.05, 0.1) is 6.61 Å². The van der Waals surface area contributed by atoms with Crippen molar-refractivity contribution in [3.63, 3.8) is 0 Å². The topological polar surface area (TPSA) is 74.6 Å². The van der Waals surface area contributed by atoms with Crippen molar-refractivity contribution in [2.75, 3.05) is 26.9 Å². The van der Waals surface area contributed by atoms with Crippen LogP contribution in [0, 0.1) is 17.1 Å². The molecule has 0 bridgehead atoms. The molecule has 0 atom stereocenters. The number of hydrogen-bond acceptors (Lipinski definition) is 4. The minimum Gasteiger partial charge on any atom is -0.479 e. The Bertz CT molecular complexity index is 842. The van der Waals surface area contributed by atoms with Crippen molar-refractivity contribution in [2.45, 2.75) is 13.1 Å². The van der Waals surface area contributed by atoms with Crippen molar-refractivity contribution >= 4 is 17.6 Å². The fraction of sp³-hybridized carbons (Fsp3) is 0.300. The van der Waals surface area contributed by atoms with Gasteiger partial charge in [-0.2, -0.15) is 5.26 Å². The lowest BCUT2D eigenvalue weighted by Gasteiger charge is -2.23. The zero-order chi connectivity index (χ0) is 20.4. The average Bonchev–Trinajstić information content (AvgIpc) is 2.69. The van der Waals surface area contributed by atoms with Crippen molar-refractivity contribution < 1.29 is 18.7 Å². The lowest BCUT2D eigenvalue weighted by atomic mass is 10.2. The van der Waals surface area contributed by atoms with E-state index in [0.29, 0.717) is 24.5 Å². The number of hydrogen-bond donors (Lipinski definition) is 1. The average molecular weight is 406 g/mol. The smallest absolute Gasteiger partial charge is 0.318 e. The predicted octanol–water partition coefficient (Wildman–Crippen LogP) is 3.74. The van der Waals surface area contributed by atoms with Gasteiger partial charge >= 0.3 is 6.03 Å². The largest absolute Gasteiger partial charge is 0.479 e. The fourth-order valence-electron chi connectivity index (χ4n) is 2.46. The van der Waals surface area contributed by atoms with Gasteiger partial charge in [-0.25, -0.2) is 9.18 Å². The Morgan fingerprint density at radius 3 is 2.86 bits per heavy atom. The van der Waals surface area contributed by atoms with E-state index >= 15 is 0 Å². The van der Waals surface area contributed by atoms with Crippen molar-refractivity contribution in [1.29, 1.82) is 5.26 Å². The van der Waals surface area contributed by atoms with E-state index in [1.165, 1.54) is 12.1 Å². The van der Waals surface area contributed by atoms with Crippen LogP contribution in [0.2, 0.25) is 5.02 Å². The number of methoxy groups -OCH3 is 1. The Morgan fingerprint density at radius 2 is 2.14 bits per heavy atom. The van der Waals surface area contributed by atoms with Crippen LogP contribution >= 0.6 is 11.6 Å². The summed E-state index contributed by atoms with van der Waals surface area (Å²) in [5, 5.41) is 11.7. The van der Waals surface area contributed by atoms with Gasteiger partial charge in [0.25, 0.3) is 0 Å². The van der Waals surface area contributed by atoms with Crippen LogP contribution in [0.15, 0.2) is 42.5 Å². The first-order chi connectivity index (χ1) is 13.5. The van der Waals surface area contributed by atoms with Crippen LogP contribution in [0.25, 0.3) is 0 Å². The second-order valence-electron chi connectivity index (χ2n) is 5.90. The van der Waals surface area contributed by atoms with Crippen molar-refractivity contribution in [1.82, 2.24) is 10.2 Å². The molecule has 0 saturated carbocycles. The van der Waals surface area contributed by atoms with Gasteiger partial charge in [0.2, 0.25) is 0 Å². The standard InChI is InChI=1S/C20H21ClFN3O3/c1-27-10-8-25(14-16-5-6-17(22)12-19(16)21)20(26)24-13-15-3-2-4-18(11-15)28-9-7-23/h2-6,11-12H,8-10,13-14H2,1H3,(H,24,26). The van der Waals surface area contributed by atoms with E-state index in [2.05, 4.69) is 5.32 Å². The minimum absolute atomic E-state index is 0.0426. The molecule has 0 radical (unpaired) electrons. The second kappa shape index (κ2) is 11.1. The zero-order valence-electron chi connectivity index (χ0n) is 15.5. The summed E-state index contributed by atoms with van der Waals surface area (Å²) in [6.45, 7) is 1.16. The summed E-state index contributed by atoms with van der Waals surface area (Å²) in [5.74, 6) is 0.128. The molecule has 2 aromatic rings. The summed E-state index contributed by atoms with van der Waals surface area (Å²) in [6, 6.07) is 12.8. The molecule has 8 heteroatoms. The molecular formula is C20H21ClFN3O3. The summed E-state index contributed by atoms with van der Waals surface area (Å²) in [4.78, 5) is 14.2. The molecule has 6 nitrogen and oxygen atoms in total. The highest BCUT2D eigenvalue weighted by molar-refractivity contribution is 6.31. The SMILES string of the molecule is COCCN(Cc1ccc(F)cc1Cl)C(=O)NCc1cccc(OCC#N)c1. The van der Waals surface area contributed by atoms with Crippen LogP contribution < -0.4 is 10.1 Å². The molecular weight excluding hydrogens is 385 g/mol. The van der Waals surface area contributed by atoms with Crippen LogP contribution in [0.5, 0.6) is 5.75 Å². The van der Waals surface area contributed by atoms with Crippen molar-refractivity contribution in [2.24, 2.45) is 0 Å². The number of benzene rings is 2. The number of amides is 2. The molecule has 2 aromatic carbocycles. The number of rotatable bonds is 9. The lowest BCUT2D eigenvalue weighted by molar-refractivity contribution is 0.146. The summed E-state index contributed by atoms with van der Waals surface area (Å²) >= 11 is 6.08. The maximum absolute atomic E-state index is 13.2. The number of nitrogens with zero attached hydrogens (tertiary/aromatic N) is 2. The molecule has 0 aliphatic heterocycles. The van der Waals surface area contributed by atoms with Gasteiger partial charge in [-0.05, 0) is 35.4 Å². The Morgan fingerprint density at radius 1 is 1.32 bits per heavy atom. The second-order valence-corrected chi connectivity index (χ2v) is 6.31. The van der Waals surface area contributed by atoms with Crippen molar-refractivity contribution in [3.05, 3.63) is 64.4 Å². The molecule has 28 heavy (non-hydrogen) atoms. The molecule has 0 aliphatic carbocycles. The highest BCUT2D eigenvalue weighted by atomic mass is 35.5. The summed E-state index contributed by atoms with van der Waals surface area (Å²) in [6.07, 6.45) is 0. The Hall–Kier alpha value is -2.82. The number of urea groups is 1. The number of nitriles is 1. The quantitative estimate of drug-likeness (QED) is 0.689. The monoisotopic (exact) mass is 405 g/mol. The Kier molecular flexibility index (Phi) is 8.53. The van der Waals surface area contributed by atoms with Crippen LogP contribution in [0.1, 0.15) is 11.1 Å². The van der Waals surface area contributed by atoms with Gasteiger partial charge < -0.3 is 19.7 Å². The molecule has 2 rings (SSSR count). The molecule has 2 amide bonds. The maximum Gasteiger partial charge on any atom is 0.318 e. The first-order valence-corrected chi connectivity index (χ1v) is 8.95. The number of ether oxygens (including phenoxy) is 2. The van der Waals surface area contributed by atoms with Crippen LogP contribution in [0.3, 0.4) is 0 Å². The van der Waals surface area contributed by atoms with Gasteiger partial charge in [0, 0.05) is 31.8 Å². The zero-order valence-corrected chi connectivity index (χ0v) is 16.2. The highest BCUT2D eigenvalue weighted by Gasteiger charge is 2.15. The van der Waals surface area contributed by atoms with Gasteiger partial charge in [0.15, 0.2) is 6.61 Å². The Balaban J connectivity index is 2.01. The number of carbonyl (C=O) groups excluding carboxylic acids is 1. The van der Waals surface area contributed by atoms with Crippen LogP contribution in [-0.2, 0) is 17.8 Å². The first kappa shape index (κ1) is 21.5. The number of halogens is 2. The van der Waals surface area contributed by atoms with E-state index in [4.69, 9.17) is 26.3 Å². The predicted molar refractivity (Wildman–Crippen MR) is 103 cm³/mol. The number of carbonyl (C=O) groups is 1. The summed E-state index contributed by atoms with van der Waals surface area (Å²) in [5.41, 5.74) is 1.47. The lowest BCUT2D eigenvalue weighted by Crippen LogP contribution is -2.41. The summed E-state index contributed by atoms with van der Waals surface area (Å²) < 4.78 is 23.6. The molecule has 0 unspecified atom stereocenters. The molecule has 148 valence electrons. The third-order valence-corrected chi connectivity index (χ3v) is 4.23. The van der Waals surface area contributed by atoms with Gasteiger partial charge in [-0.1, -0.05) is 29.8 Å². The van der Waals surface area contributed by atoms with Gasteiger partial charge in [-0.3, -0.25) is 0 Å². The van der Waals surface area contributed by atoms with Crippen molar-refractivity contribution in [3.8, 4) is 11.8 Å². The molecule has 1 N–H and O–H groups in total. The molecule has 0 spiro atoms. The third kappa shape index (κ3) is 6.72.